The van der Waals surface area contributed by atoms with Gasteiger partial charge in [-0.1, -0.05) is 25.8 Å². The van der Waals surface area contributed by atoms with E-state index in [2.05, 4.69) is 6.92 Å². The van der Waals surface area contributed by atoms with Gasteiger partial charge in [0.15, 0.2) is 0 Å². The summed E-state index contributed by atoms with van der Waals surface area (Å²) in [4.78, 5) is 22.0. The summed E-state index contributed by atoms with van der Waals surface area (Å²) in [6.07, 6.45) is 5.31. The molecule has 0 bridgehead atoms. The number of benzene rings is 1. The molecule has 0 spiro atoms. The van der Waals surface area contributed by atoms with Crippen LogP contribution >= 0.6 is 11.8 Å². The maximum absolute atomic E-state index is 11.1. The molecule has 5 heteroatoms. The van der Waals surface area contributed by atoms with Crippen molar-refractivity contribution in [2.24, 2.45) is 5.92 Å². The van der Waals surface area contributed by atoms with Crippen molar-refractivity contribution in [2.45, 2.75) is 42.8 Å². The van der Waals surface area contributed by atoms with Gasteiger partial charge in [0.05, 0.1) is 9.82 Å². The Morgan fingerprint density at radius 3 is 2.84 bits per heavy atom. The lowest BCUT2D eigenvalue weighted by atomic mass is 9.91. The standard InChI is InChI=1S/C14H17NO3S/c1-10-3-2-4-12(7-10)19-14-6-5-11(9-16)8-13(14)15(17)18/h5-6,8-10,12H,2-4,7H2,1H3. The van der Waals surface area contributed by atoms with Gasteiger partial charge in [0, 0.05) is 16.9 Å². The van der Waals surface area contributed by atoms with E-state index in [1.807, 2.05) is 0 Å². The molecule has 4 nitrogen and oxygen atoms in total. The molecule has 0 saturated heterocycles. The maximum atomic E-state index is 11.1. The lowest BCUT2D eigenvalue weighted by Gasteiger charge is -2.26. The maximum Gasteiger partial charge on any atom is 0.283 e. The Labute approximate surface area is 116 Å². The van der Waals surface area contributed by atoms with Gasteiger partial charge in [-0.3, -0.25) is 14.9 Å². The second-order valence-corrected chi connectivity index (χ2v) is 6.46. The first-order valence-corrected chi connectivity index (χ1v) is 7.38. The number of nitrogens with zero attached hydrogens (tertiary/aromatic N) is 1. The monoisotopic (exact) mass is 279 g/mol. The highest BCUT2D eigenvalue weighted by Gasteiger charge is 2.23. The number of hydrogen-bond donors (Lipinski definition) is 0. The van der Waals surface area contributed by atoms with E-state index < -0.39 is 4.92 Å². The van der Waals surface area contributed by atoms with Gasteiger partial charge in [0.25, 0.3) is 5.69 Å². The molecule has 0 amide bonds. The third-order valence-electron chi connectivity index (χ3n) is 3.50. The van der Waals surface area contributed by atoms with Crippen LogP contribution in [0.2, 0.25) is 0 Å². The summed E-state index contributed by atoms with van der Waals surface area (Å²) >= 11 is 1.58. The van der Waals surface area contributed by atoms with Gasteiger partial charge in [0.1, 0.15) is 6.29 Å². The largest absolute Gasteiger partial charge is 0.298 e. The third-order valence-corrected chi connectivity index (χ3v) is 4.86. The van der Waals surface area contributed by atoms with Crippen molar-refractivity contribution < 1.29 is 9.72 Å². The highest BCUT2D eigenvalue weighted by atomic mass is 32.2. The van der Waals surface area contributed by atoms with E-state index in [4.69, 9.17) is 0 Å². The Hall–Kier alpha value is -1.36. The molecule has 1 saturated carbocycles. The van der Waals surface area contributed by atoms with Crippen molar-refractivity contribution in [2.75, 3.05) is 0 Å². The quantitative estimate of drug-likeness (QED) is 0.473. The number of thioether (sulfide) groups is 1. The summed E-state index contributed by atoms with van der Waals surface area (Å²) in [6.45, 7) is 2.23. The van der Waals surface area contributed by atoms with Crippen LogP contribution in [0.1, 0.15) is 43.0 Å². The summed E-state index contributed by atoms with van der Waals surface area (Å²) in [6, 6.07) is 4.71. The molecule has 2 rings (SSSR count). The van der Waals surface area contributed by atoms with Crippen molar-refractivity contribution in [3.05, 3.63) is 33.9 Å². The average Bonchev–Trinajstić information content (AvgIpc) is 2.39. The summed E-state index contributed by atoms with van der Waals surface area (Å²) in [7, 11) is 0. The van der Waals surface area contributed by atoms with Crippen molar-refractivity contribution in [1.82, 2.24) is 0 Å². The number of aldehydes is 1. The summed E-state index contributed by atoms with van der Waals surface area (Å²) < 4.78 is 0. The Bertz CT molecular complexity index is 490. The van der Waals surface area contributed by atoms with Crippen LogP contribution in [0, 0.1) is 16.0 Å². The number of rotatable bonds is 4. The lowest BCUT2D eigenvalue weighted by molar-refractivity contribution is -0.387. The van der Waals surface area contributed by atoms with E-state index in [0.29, 0.717) is 27.9 Å². The van der Waals surface area contributed by atoms with Crippen LogP contribution in [0.5, 0.6) is 0 Å². The van der Waals surface area contributed by atoms with Crippen LogP contribution < -0.4 is 0 Å². The van der Waals surface area contributed by atoms with Gasteiger partial charge in [-0.2, -0.15) is 0 Å². The lowest BCUT2D eigenvalue weighted by Crippen LogP contribution is -2.15. The van der Waals surface area contributed by atoms with Gasteiger partial charge in [-0.15, -0.1) is 11.8 Å². The first-order chi connectivity index (χ1) is 9.10. The van der Waals surface area contributed by atoms with E-state index in [1.165, 1.54) is 18.9 Å². The molecule has 2 atom stereocenters. The van der Waals surface area contributed by atoms with Crippen molar-refractivity contribution in [1.29, 1.82) is 0 Å². The second-order valence-electron chi connectivity index (χ2n) is 5.11. The van der Waals surface area contributed by atoms with Crippen molar-refractivity contribution in [3.63, 3.8) is 0 Å². The SMILES string of the molecule is CC1CCCC(Sc2ccc(C=O)cc2[N+](=O)[O-])C1. The highest BCUT2D eigenvalue weighted by molar-refractivity contribution is 8.00. The van der Waals surface area contributed by atoms with Crippen molar-refractivity contribution >= 4 is 23.7 Å². The zero-order chi connectivity index (χ0) is 13.8. The number of hydrogen-bond acceptors (Lipinski definition) is 4. The molecule has 2 unspecified atom stereocenters. The number of nitro groups is 1. The first-order valence-electron chi connectivity index (χ1n) is 6.50. The second kappa shape index (κ2) is 6.19. The topological polar surface area (TPSA) is 60.2 Å². The van der Waals surface area contributed by atoms with Gasteiger partial charge >= 0.3 is 0 Å². The smallest absolute Gasteiger partial charge is 0.283 e. The van der Waals surface area contributed by atoms with Gasteiger partial charge in [-0.25, -0.2) is 0 Å². The molecule has 0 aliphatic heterocycles. The summed E-state index contributed by atoms with van der Waals surface area (Å²) in [5.74, 6) is 0.694. The minimum atomic E-state index is -0.401. The zero-order valence-electron chi connectivity index (χ0n) is 10.9. The fourth-order valence-corrected chi connectivity index (χ4v) is 3.98. The summed E-state index contributed by atoms with van der Waals surface area (Å²) in [5.41, 5.74) is 0.404. The molecular formula is C14H17NO3S. The average molecular weight is 279 g/mol. The molecule has 0 radical (unpaired) electrons. The Morgan fingerprint density at radius 1 is 1.42 bits per heavy atom. The fourth-order valence-electron chi connectivity index (χ4n) is 2.52. The van der Waals surface area contributed by atoms with Crippen LogP contribution in [0.3, 0.4) is 0 Å². The highest BCUT2D eigenvalue weighted by Crippen LogP contribution is 2.39. The van der Waals surface area contributed by atoms with Crippen LogP contribution in [0.4, 0.5) is 5.69 Å². The van der Waals surface area contributed by atoms with E-state index in [0.717, 1.165) is 12.8 Å². The Balaban J connectivity index is 2.19. The molecule has 1 aliphatic rings. The van der Waals surface area contributed by atoms with Crippen LogP contribution in [0.25, 0.3) is 0 Å². The molecule has 1 aromatic rings. The number of carbonyl (C=O) groups excluding carboxylic acids is 1. The Morgan fingerprint density at radius 2 is 2.21 bits per heavy atom. The molecule has 0 heterocycles. The van der Waals surface area contributed by atoms with E-state index >= 15 is 0 Å². The molecular weight excluding hydrogens is 262 g/mol. The molecule has 0 N–H and O–H groups in total. The van der Waals surface area contributed by atoms with Crippen LogP contribution in [0.15, 0.2) is 23.1 Å². The number of nitro benzene ring substituents is 1. The fraction of sp³-hybridized carbons (Fsp3) is 0.500. The van der Waals surface area contributed by atoms with Gasteiger partial charge in [-0.05, 0) is 24.8 Å². The molecule has 0 aromatic heterocycles. The first kappa shape index (κ1) is 14.1. The van der Waals surface area contributed by atoms with Crippen molar-refractivity contribution in [3.8, 4) is 0 Å². The van der Waals surface area contributed by atoms with Crippen LogP contribution in [-0.4, -0.2) is 16.5 Å². The molecule has 19 heavy (non-hydrogen) atoms. The predicted molar refractivity (Wildman–Crippen MR) is 75.8 cm³/mol. The minimum absolute atomic E-state index is 0.0489. The molecule has 1 aliphatic carbocycles. The third kappa shape index (κ3) is 3.56. The summed E-state index contributed by atoms with van der Waals surface area (Å²) in [5, 5.41) is 11.5. The molecule has 102 valence electrons. The zero-order valence-corrected chi connectivity index (χ0v) is 11.7. The van der Waals surface area contributed by atoms with E-state index in [-0.39, 0.29) is 5.69 Å². The van der Waals surface area contributed by atoms with E-state index in [9.17, 15) is 14.9 Å². The minimum Gasteiger partial charge on any atom is -0.298 e. The van der Waals surface area contributed by atoms with Gasteiger partial charge < -0.3 is 0 Å². The Kier molecular flexibility index (Phi) is 4.58. The van der Waals surface area contributed by atoms with Gasteiger partial charge in [0.2, 0.25) is 0 Å². The van der Waals surface area contributed by atoms with Crippen LogP contribution in [-0.2, 0) is 0 Å². The normalized spacial score (nSPS) is 23.0. The predicted octanol–water partition coefficient (Wildman–Crippen LogP) is 4.08. The molecule has 1 fully saturated rings. The van der Waals surface area contributed by atoms with E-state index in [1.54, 1.807) is 23.9 Å². The number of carbonyl (C=O) groups is 1. The molecule has 1 aromatic carbocycles.